The van der Waals surface area contributed by atoms with Gasteiger partial charge in [0, 0.05) is 18.8 Å². The van der Waals surface area contributed by atoms with Gasteiger partial charge in [-0.25, -0.2) is 4.98 Å². The van der Waals surface area contributed by atoms with Crippen LogP contribution in [0.2, 0.25) is 0 Å². The first kappa shape index (κ1) is 12.7. The number of hydrogen-bond donors (Lipinski definition) is 1. The first-order valence-electron chi connectivity index (χ1n) is 6.86. The Hall–Kier alpha value is -2.30. The number of nitrogens with zero attached hydrogens (tertiary/aromatic N) is 2. The molecule has 0 aliphatic carbocycles. The number of fused-ring (bicyclic) bond motifs is 1. The topological polar surface area (TPSA) is 56.3 Å². The van der Waals surface area contributed by atoms with E-state index in [4.69, 9.17) is 9.47 Å². The fourth-order valence-electron chi connectivity index (χ4n) is 2.26. The third kappa shape index (κ3) is 2.66. The summed E-state index contributed by atoms with van der Waals surface area (Å²) >= 11 is 0. The molecular formula is C15H17N3O2. The van der Waals surface area contributed by atoms with E-state index >= 15 is 0 Å². The molecule has 0 unspecified atom stereocenters. The fraction of sp³-hybridized carbons (Fsp3) is 0.333. The van der Waals surface area contributed by atoms with E-state index in [1.165, 1.54) is 5.56 Å². The number of benzene rings is 1. The van der Waals surface area contributed by atoms with Crippen LogP contribution in [0.3, 0.4) is 0 Å². The van der Waals surface area contributed by atoms with Gasteiger partial charge in [-0.1, -0.05) is 12.1 Å². The first-order chi connectivity index (χ1) is 9.86. The quantitative estimate of drug-likeness (QED) is 0.926. The number of nitrogens with one attached hydrogen (secondary N) is 1. The third-order valence-corrected chi connectivity index (χ3v) is 3.14. The highest BCUT2D eigenvalue weighted by Crippen LogP contribution is 2.34. The minimum atomic E-state index is 0.303. The normalized spacial score (nSPS) is 13.2. The Morgan fingerprint density at radius 2 is 2.25 bits per heavy atom. The van der Waals surface area contributed by atoms with Gasteiger partial charge in [0.2, 0.25) is 5.88 Å². The molecule has 0 fully saturated rings. The van der Waals surface area contributed by atoms with Crippen LogP contribution in [-0.2, 0) is 6.42 Å². The van der Waals surface area contributed by atoms with E-state index < -0.39 is 0 Å². The second-order valence-electron chi connectivity index (χ2n) is 4.53. The van der Waals surface area contributed by atoms with Crippen molar-refractivity contribution in [3.05, 3.63) is 36.0 Å². The number of aryl methyl sites for hydroxylation is 1. The lowest BCUT2D eigenvalue weighted by Gasteiger charge is -2.20. The maximum Gasteiger partial charge on any atom is 0.325 e. The fourth-order valence-corrected chi connectivity index (χ4v) is 2.26. The van der Waals surface area contributed by atoms with Crippen molar-refractivity contribution in [2.24, 2.45) is 0 Å². The Bertz CT molecular complexity index is 601. The van der Waals surface area contributed by atoms with Crippen molar-refractivity contribution in [1.82, 2.24) is 9.97 Å². The lowest BCUT2D eigenvalue weighted by Crippen LogP contribution is -2.12. The van der Waals surface area contributed by atoms with E-state index in [-0.39, 0.29) is 0 Å². The van der Waals surface area contributed by atoms with Crippen molar-refractivity contribution >= 4 is 5.69 Å². The van der Waals surface area contributed by atoms with Gasteiger partial charge in [0.05, 0.1) is 12.3 Å². The predicted octanol–water partition coefficient (Wildman–Crippen LogP) is 3.03. The Morgan fingerprint density at radius 1 is 1.30 bits per heavy atom. The van der Waals surface area contributed by atoms with Gasteiger partial charge in [-0.15, -0.1) is 0 Å². The molecule has 1 aromatic carbocycles. The van der Waals surface area contributed by atoms with Crippen LogP contribution in [0, 0.1) is 0 Å². The molecule has 0 spiro atoms. The van der Waals surface area contributed by atoms with Crippen molar-refractivity contribution in [1.29, 1.82) is 0 Å². The Morgan fingerprint density at radius 3 is 3.15 bits per heavy atom. The zero-order chi connectivity index (χ0) is 13.8. The number of para-hydroxylation sites is 1. The molecule has 20 heavy (non-hydrogen) atoms. The molecule has 2 aromatic rings. The number of hydrogen-bond acceptors (Lipinski definition) is 5. The van der Waals surface area contributed by atoms with Crippen LogP contribution in [0.15, 0.2) is 30.5 Å². The number of aromatic nitrogens is 2. The smallest absolute Gasteiger partial charge is 0.325 e. The molecule has 0 saturated carbocycles. The molecule has 5 heteroatoms. The van der Waals surface area contributed by atoms with Crippen LogP contribution >= 0.6 is 0 Å². The largest absolute Gasteiger partial charge is 0.478 e. The molecular weight excluding hydrogens is 254 g/mol. The van der Waals surface area contributed by atoms with E-state index in [1.54, 1.807) is 12.3 Å². The average Bonchev–Trinajstić information content (AvgIpc) is 2.48. The summed E-state index contributed by atoms with van der Waals surface area (Å²) in [7, 11) is 0. The van der Waals surface area contributed by atoms with Gasteiger partial charge in [-0.05, 0) is 31.4 Å². The van der Waals surface area contributed by atoms with E-state index in [0.29, 0.717) is 18.5 Å². The highest BCUT2D eigenvalue weighted by Gasteiger charge is 2.14. The van der Waals surface area contributed by atoms with Crippen LogP contribution in [0.4, 0.5) is 5.69 Å². The summed E-state index contributed by atoms with van der Waals surface area (Å²) in [5, 5.41) is 3.38. The molecule has 0 amide bonds. The Kier molecular flexibility index (Phi) is 3.67. The number of rotatable bonds is 4. The van der Waals surface area contributed by atoms with Crippen molar-refractivity contribution in [2.45, 2.75) is 19.8 Å². The van der Waals surface area contributed by atoms with E-state index in [0.717, 1.165) is 30.8 Å². The molecule has 1 aliphatic heterocycles. The van der Waals surface area contributed by atoms with Gasteiger partial charge >= 0.3 is 6.01 Å². The van der Waals surface area contributed by atoms with Gasteiger partial charge in [0.15, 0.2) is 5.75 Å². The zero-order valence-electron chi connectivity index (χ0n) is 11.4. The summed E-state index contributed by atoms with van der Waals surface area (Å²) in [5.41, 5.74) is 2.32. The third-order valence-electron chi connectivity index (χ3n) is 3.14. The molecule has 0 bridgehead atoms. The van der Waals surface area contributed by atoms with Crippen molar-refractivity contribution < 1.29 is 9.47 Å². The van der Waals surface area contributed by atoms with Crippen LogP contribution in [-0.4, -0.2) is 23.1 Å². The molecule has 1 N–H and O–H groups in total. The van der Waals surface area contributed by atoms with Crippen LogP contribution in [0.25, 0.3) is 0 Å². The van der Waals surface area contributed by atoms with Gasteiger partial charge < -0.3 is 14.8 Å². The van der Waals surface area contributed by atoms with E-state index in [2.05, 4.69) is 21.4 Å². The standard InChI is InChI=1S/C15H17N3O2/c1-2-19-13-8-10-17-15(18-13)20-12-7-3-5-11-6-4-9-16-14(11)12/h3,5,7-8,10,16H,2,4,6,9H2,1H3. The first-order valence-corrected chi connectivity index (χ1v) is 6.86. The molecule has 3 rings (SSSR count). The highest BCUT2D eigenvalue weighted by atomic mass is 16.5. The SMILES string of the molecule is CCOc1ccnc(Oc2cccc3c2NCCC3)n1. The molecule has 0 radical (unpaired) electrons. The molecule has 1 aromatic heterocycles. The summed E-state index contributed by atoms with van der Waals surface area (Å²) < 4.78 is 11.1. The maximum atomic E-state index is 5.80. The van der Waals surface area contributed by atoms with Crippen LogP contribution in [0.5, 0.6) is 17.6 Å². The van der Waals surface area contributed by atoms with Gasteiger partial charge in [-0.3, -0.25) is 0 Å². The van der Waals surface area contributed by atoms with Gasteiger partial charge in [-0.2, -0.15) is 4.98 Å². The second kappa shape index (κ2) is 5.77. The number of anilines is 1. The Labute approximate surface area is 118 Å². The van der Waals surface area contributed by atoms with E-state index in [1.807, 2.05) is 19.1 Å². The summed E-state index contributed by atoms with van der Waals surface area (Å²) in [6, 6.07) is 8.05. The van der Waals surface area contributed by atoms with E-state index in [9.17, 15) is 0 Å². The van der Waals surface area contributed by atoms with Gasteiger partial charge in [0.1, 0.15) is 0 Å². The minimum absolute atomic E-state index is 0.303. The zero-order valence-corrected chi connectivity index (χ0v) is 11.4. The van der Waals surface area contributed by atoms with Crippen molar-refractivity contribution in [3.63, 3.8) is 0 Å². The lowest BCUT2D eigenvalue weighted by atomic mass is 10.0. The molecule has 104 valence electrons. The van der Waals surface area contributed by atoms with Crippen molar-refractivity contribution in [3.8, 4) is 17.6 Å². The average molecular weight is 271 g/mol. The monoisotopic (exact) mass is 271 g/mol. The van der Waals surface area contributed by atoms with Crippen LogP contribution in [0.1, 0.15) is 18.9 Å². The van der Waals surface area contributed by atoms with Gasteiger partial charge in [0.25, 0.3) is 0 Å². The minimum Gasteiger partial charge on any atom is -0.478 e. The molecule has 0 atom stereocenters. The van der Waals surface area contributed by atoms with Crippen LogP contribution < -0.4 is 14.8 Å². The van der Waals surface area contributed by atoms with Crippen molar-refractivity contribution in [2.75, 3.05) is 18.5 Å². The number of ether oxygens (including phenoxy) is 2. The Balaban J connectivity index is 1.86. The predicted molar refractivity (Wildman–Crippen MR) is 76.5 cm³/mol. The highest BCUT2D eigenvalue weighted by molar-refractivity contribution is 5.63. The maximum absolute atomic E-state index is 5.80. The summed E-state index contributed by atoms with van der Waals surface area (Å²) in [5.74, 6) is 1.28. The lowest BCUT2D eigenvalue weighted by molar-refractivity contribution is 0.318. The molecule has 0 saturated heterocycles. The summed E-state index contributed by atoms with van der Waals surface area (Å²) in [6.45, 7) is 3.45. The molecule has 2 heterocycles. The molecule has 1 aliphatic rings. The second-order valence-corrected chi connectivity index (χ2v) is 4.53. The summed E-state index contributed by atoms with van der Waals surface area (Å²) in [6.07, 6.45) is 3.85. The summed E-state index contributed by atoms with van der Waals surface area (Å²) in [4.78, 5) is 8.35. The molecule has 5 nitrogen and oxygen atoms in total.